The number of nitrogens with zero attached hydrogens (tertiary/aromatic N) is 1. The van der Waals surface area contributed by atoms with Gasteiger partial charge in [-0.15, -0.1) is 0 Å². The average molecular weight is 400 g/mol. The lowest BCUT2D eigenvalue weighted by atomic mass is 9.95. The fourth-order valence-electron chi connectivity index (χ4n) is 3.20. The number of aryl methyl sites for hydroxylation is 2. The number of carbonyl (C=O) groups excluding carboxylic acids is 1. The van der Waals surface area contributed by atoms with Crippen molar-refractivity contribution in [3.8, 4) is 5.75 Å². The fraction of sp³-hybridized carbons (Fsp3) is 0.318. The van der Waals surface area contributed by atoms with Crippen molar-refractivity contribution in [2.24, 2.45) is 5.92 Å². The van der Waals surface area contributed by atoms with E-state index in [1.54, 1.807) is 43.3 Å². The van der Waals surface area contributed by atoms with Crippen LogP contribution in [0.1, 0.15) is 30.4 Å². The van der Waals surface area contributed by atoms with E-state index in [1.807, 2.05) is 19.1 Å². The van der Waals surface area contributed by atoms with Crippen molar-refractivity contribution >= 4 is 21.7 Å². The van der Waals surface area contributed by atoms with Crippen LogP contribution in [0.2, 0.25) is 0 Å². The quantitative estimate of drug-likeness (QED) is 0.425. The Balaban J connectivity index is 1.76. The molecule has 28 heavy (non-hydrogen) atoms. The highest BCUT2D eigenvalue weighted by Crippen LogP contribution is 2.27. The molecule has 0 spiro atoms. The van der Waals surface area contributed by atoms with Crippen LogP contribution in [0.4, 0.5) is 5.69 Å². The number of rotatable bonds is 5. The minimum atomic E-state index is -3.68. The Bertz CT molecular complexity index is 994. The molecule has 3 rings (SSSR count). The molecule has 2 aromatic rings. The number of hydrogen-bond acceptors (Lipinski definition) is 4. The highest BCUT2D eigenvalue weighted by atomic mass is 32.2. The molecule has 148 valence electrons. The van der Waals surface area contributed by atoms with Gasteiger partial charge in [-0.25, -0.2) is 8.42 Å². The van der Waals surface area contributed by atoms with Gasteiger partial charge in [-0.1, -0.05) is 24.3 Å². The van der Waals surface area contributed by atoms with Crippen LogP contribution in [-0.2, 0) is 14.8 Å². The van der Waals surface area contributed by atoms with Crippen molar-refractivity contribution in [1.82, 2.24) is 0 Å². The maximum Gasteiger partial charge on any atom is 0.314 e. The molecule has 0 amide bonds. The molecule has 0 bridgehead atoms. The molecule has 0 radical (unpaired) electrons. The van der Waals surface area contributed by atoms with E-state index in [2.05, 4.69) is 6.08 Å². The first-order valence-electron chi connectivity index (χ1n) is 9.32. The van der Waals surface area contributed by atoms with Gasteiger partial charge in [-0.05, 0) is 74.6 Å². The molecule has 0 N–H and O–H groups in total. The topological polar surface area (TPSA) is 63.7 Å². The summed E-state index contributed by atoms with van der Waals surface area (Å²) in [5.41, 5.74) is 2.09. The Morgan fingerprint density at radius 3 is 2.43 bits per heavy atom. The van der Waals surface area contributed by atoms with Gasteiger partial charge in [0.25, 0.3) is 10.0 Å². The number of ether oxygens (including phenoxy) is 1. The van der Waals surface area contributed by atoms with Gasteiger partial charge in [0.05, 0.1) is 16.5 Å². The average Bonchev–Trinajstić information content (AvgIpc) is 2.70. The molecule has 1 aliphatic carbocycles. The van der Waals surface area contributed by atoms with Crippen LogP contribution in [0.5, 0.6) is 5.75 Å². The zero-order valence-corrected chi connectivity index (χ0v) is 17.2. The van der Waals surface area contributed by atoms with Crippen molar-refractivity contribution in [3.05, 3.63) is 65.7 Å². The molecule has 0 aromatic heterocycles. The van der Waals surface area contributed by atoms with Crippen molar-refractivity contribution < 1.29 is 17.9 Å². The Morgan fingerprint density at radius 2 is 1.79 bits per heavy atom. The minimum absolute atomic E-state index is 0.114. The summed E-state index contributed by atoms with van der Waals surface area (Å²) in [6.07, 6.45) is 6.47. The van der Waals surface area contributed by atoms with Gasteiger partial charge in [0.2, 0.25) is 0 Å². The summed E-state index contributed by atoms with van der Waals surface area (Å²) >= 11 is 0. The summed E-state index contributed by atoms with van der Waals surface area (Å²) < 4.78 is 32.7. The van der Waals surface area contributed by atoms with Crippen molar-refractivity contribution in [2.75, 3.05) is 11.4 Å². The largest absolute Gasteiger partial charge is 0.426 e. The molecule has 2 aromatic carbocycles. The van der Waals surface area contributed by atoms with Crippen molar-refractivity contribution in [2.45, 2.75) is 38.0 Å². The van der Waals surface area contributed by atoms with Gasteiger partial charge >= 0.3 is 5.97 Å². The molecule has 0 aliphatic heterocycles. The third kappa shape index (κ3) is 4.28. The summed E-state index contributed by atoms with van der Waals surface area (Å²) in [5, 5.41) is 0. The number of esters is 1. The third-order valence-electron chi connectivity index (χ3n) is 5.00. The molecular weight excluding hydrogens is 374 g/mol. The Morgan fingerprint density at radius 1 is 1.07 bits per heavy atom. The zero-order chi connectivity index (χ0) is 20.3. The first-order valence-corrected chi connectivity index (χ1v) is 10.8. The lowest BCUT2D eigenvalue weighted by Crippen LogP contribution is -2.27. The fourth-order valence-corrected chi connectivity index (χ4v) is 4.71. The van der Waals surface area contributed by atoms with Gasteiger partial charge in [0.1, 0.15) is 5.75 Å². The lowest BCUT2D eigenvalue weighted by Gasteiger charge is -2.21. The Labute approximate surface area is 166 Å². The van der Waals surface area contributed by atoms with Crippen LogP contribution >= 0.6 is 0 Å². The molecule has 0 saturated carbocycles. The summed E-state index contributed by atoms with van der Waals surface area (Å²) in [6.45, 7) is 3.65. The van der Waals surface area contributed by atoms with E-state index in [1.165, 1.54) is 11.4 Å². The second-order valence-corrected chi connectivity index (χ2v) is 9.08. The van der Waals surface area contributed by atoms with Gasteiger partial charge in [-0.3, -0.25) is 9.10 Å². The monoisotopic (exact) mass is 399 g/mol. The van der Waals surface area contributed by atoms with Crippen molar-refractivity contribution in [3.63, 3.8) is 0 Å². The number of hydrogen-bond donors (Lipinski definition) is 0. The number of allylic oxidation sites excluding steroid dienone is 2. The number of carbonyl (C=O) groups is 1. The molecule has 0 unspecified atom stereocenters. The predicted octanol–water partition coefficient (Wildman–Crippen LogP) is 4.39. The summed E-state index contributed by atoms with van der Waals surface area (Å²) in [7, 11) is -2.16. The maximum absolute atomic E-state index is 13.0. The van der Waals surface area contributed by atoms with Crippen molar-refractivity contribution in [1.29, 1.82) is 0 Å². The highest BCUT2D eigenvalue weighted by molar-refractivity contribution is 7.92. The van der Waals surface area contributed by atoms with Crippen LogP contribution in [0, 0.1) is 19.8 Å². The van der Waals surface area contributed by atoms with E-state index >= 15 is 0 Å². The Hall–Kier alpha value is -2.60. The van der Waals surface area contributed by atoms with Crippen LogP contribution in [0.25, 0.3) is 0 Å². The third-order valence-corrected chi connectivity index (χ3v) is 6.93. The van der Waals surface area contributed by atoms with Gasteiger partial charge < -0.3 is 4.74 Å². The lowest BCUT2D eigenvalue weighted by molar-refractivity contribution is -0.139. The normalized spacial score (nSPS) is 16.6. The first-order chi connectivity index (χ1) is 13.3. The molecule has 0 heterocycles. The maximum atomic E-state index is 13.0. The number of sulfonamides is 1. The molecule has 6 heteroatoms. The van der Waals surface area contributed by atoms with Gasteiger partial charge in [-0.2, -0.15) is 0 Å². The number of benzene rings is 2. The van der Waals surface area contributed by atoms with Gasteiger partial charge in [0, 0.05) is 7.05 Å². The standard InChI is InChI=1S/C22H25NO4S/c1-16-9-10-17(2)21(15-16)28(25,26)23(3)19-11-13-20(14-12-19)27-22(24)18-7-5-4-6-8-18/h4-5,9-15,18H,6-8H2,1-3H3/t18-/m0/s1. The molecule has 1 aliphatic rings. The zero-order valence-electron chi connectivity index (χ0n) is 16.4. The smallest absolute Gasteiger partial charge is 0.314 e. The molecule has 1 atom stereocenters. The molecule has 5 nitrogen and oxygen atoms in total. The van der Waals surface area contributed by atoms with Crippen LogP contribution in [-0.4, -0.2) is 21.4 Å². The highest BCUT2D eigenvalue weighted by Gasteiger charge is 2.24. The predicted molar refractivity (Wildman–Crippen MR) is 110 cm³/mol. The minimum Gasteiger partial charge on any atom is -0.426 e. The second kappa shape index (κ2) is 8.19. The van der Waals surface area contributed by atoms with Crippen LogP contribution in [0.15, 0.2) is 59.5 Å². The number of anilines is 1. The summed E-state index contributed by atoms with van der Waals surface area (Å²) in [6, 6.07) is 11.9. The van der Waals surface area contributed by atoms with E-state index < -0.39 is 10.0 Å². The SMILES string of the molecule is Cc1ccc(C)c(S(=O)(=O)N(C)c2ccc(OC(=O)[C@H]3CC=CCC3)cc2)c1. The second-order valence-electron chi connectivity index (χ2n) is 7.14. The Kier molecular flexibility index (Phi) is 5.89. The molecule has 0 fully saturated rings. The summed E-state index contributed by atoms with van der Waals surface area (Å²) in [4.78, 5) is 12.5. The van der Waals surface area contributed by atoms with E-state index in [-0.39, 0.29) is 16.8 Å². The van der Waals surface area contributed by atoms with E-state index in [0.29, 0.717) is 23.4 Å². The van der Waals surface area contributed by atoms with E-state index in [9.17, 15) is 13.2 Å². The van der Waals surface area contributed by atoms with Crippen LogP contribution in [0.3, 0.4) is 0 Å². The van der Waals surface area contributed by atoms with Gasteiger partial charge in [0.15, 0.2) is 0 Å². The molecular formula is C22H25NO4S. The van der Waals surface area contributed by atoms with E-state index in [0.717, 1.165) is 18.4 Å². The molecule has 0 saturated heterocycles. The first kappa shape index (κ1) is 20.1. The summed E-state index contributed by atoms with van der Waals surface area (Å²) in [5.74, 6) is 0.0614. The van der Waals surface area contributed by atoms with Crippen LogP contribution < -0.4 is 9.04 Å². The van der Waals surface area contributed by atoms with E-state index in [4.69, 9.17) is 4.74 Å².